The monoisotopic (exact) mass is 260 g/mol. The minimum absolute atomic E-state index is 0.0228. The Kier molecular flexibility index (Phi) is 3.73. The number of amides is 1. The average Bonchev–Trinajstić information content (AvgIpc) is 2.46. The Balaban J connectivity index is 2.34. The third-order valence-electron chi connectivity index (χ3n) is 2.98. The van der Waals surface area contributed by atoms with Crippen LogP contribution in [-0.4, -0.2) is 41.4 Å². The predicted molar refractivity (Wildman–Crippen MR) is 66.4 cm³/mol. The summed E-state index contributed by atoms with van der Waals surface area (Å²) in [6.07, 6.45) is 0. The van der Waals surface area contributed by atoms with Crippen molar-refractivity contribution in [3.8, 4) is 6.07 Å². The molecule has 0 saturated carbocycles. The highest BCUT2D eigenvalue weighted by Crippen LogP contribution is 2.20. The van der Waals surface area contributed by atoms with Gasteiger partial charge in [0.2, 0.25) is 0 Å². The Morgan fingerprint density at radius 1 is 1.53 bits per heavy atom. The summed E-state index contributed by atoms with van der Waals surface area (Å²) in [6, 6.07) is 7.21. The number of hydrogen-bond donors (Lipinski definition) is 1. The first kappa shape index (κ1) is 13.0. The van der Waals surface area contributed by atoms with E-state index in [4.69, 9.17) is 5.26 Å². The molecule has 98 valence electrons. The van der Waals surface area contributed by atoms with Crippen LogP contribution in [0.5, 0.6) is 0 Å². The highest BCUT2D eigenvalue weighted by molar-refractivity contribution is 5.98. The Hall–Kier alpha value is -2.46. The highest BCUT2D eigenvalue weighted by Gasteiger charge is 2.30. The quantitative estimate of drug-likeness (QED) is 0.617. The Labute approximate surface area is 109 Å². The van der Waals surface area contributed by atoms with Crippen molar-refractivity contribution >= 4 is 11.6 Å². The van der Waals surface area contributed by atoms with Gasteiger partial charge in [-0.1, -0.05) is 12.1 Å². The number of nitriles is 1. The summed E-state index contributed by atoms with van der Waals surface area (Å²) in [4.78, 5) is 24.0. The van der Waals surface area contributed by atoms with Crippen molar-refractivity contribution in [3.63, 3.8) is 0 Å². The molecule has 1 unspecified atom stereocenters. The lowest BCUT2D eigenvalue weighted by molar-refractivity contribution is -0.385. The molecule has 1 amide bonds. The van der Waals surface area contributed by atoms with Crippen LogP contribution in [0.15, 0.2) is 24.3 Å². The van der Waals surface area contributed by atoms with Gasteiger partial charge in [-0.2, -0.15) is 5.26 Å². The summed E-state index contributed by atoms with van der Waals surface area (Å²) >= 11 is 0. The van der Waals surface area contributed by atoms with Crippen LogP contribution in [0.3, 0.4) is 0 Å². The number of nitrogens with zero attached hydrogens (tertiary/aromatic N) is 3. The molecule has 19 heavy (non-hydrogen) atoms. The number of carbonyl (C=O) groups excluding carboxylic acids is 1. The normalized spacial score (nSPS) is 18.7. The largest absolute Gasteiger partial charge is 0.320 e. The number of para-hydroxylation sites is 1. The number of carbonyl (C=O) groups is 1. The zero-order chi connectivity index (χ0) is 13.8. The molecule has 0 spiro atoms. The van der Waals surface area contributed by atoms with Gasteiger partial charge < -0.3 is 10.2 Å². The smallest absolute Gasteiger partial charge is 0.282 e. The highest BCUT2D eigenvalue weighted by atomic mass is 16.6. The number of nitro groups is 1. The number of piperazine rings is 1. The van der Waals surface area contributed by atoms with Gasteiger partial charge in [-0.3, -0.25) is 14.9 Å². The van der Waals surface area contributed by atoms with E-state index in [0.717, 1.165) is 0 Å². The van der Waals surface area contributed by atoms with Gasteiger partial charge in [-0.05, 0) is 6.07 Å². The Morgan fingerprint density at radius 2 is 2.26 bits per heavy atom. The summed E-state index contributed by atoms with van der Waals surface area (Å²) in [5.41, 5.74) is -0.211. The van der Waals surface area contributed by atoms with Crippen molar-refractivity contribution in [3.05, 3.63) is 39.9 Å². The second kappa shape index (κ2) is 5.46. The lowest BCUT2D eigenvalue weighted by Crippen LogP contribution is -2.53. The molecule has 1 aliphatic rings. The molecule has 1 saturated heterocycles. The molecule has 7 nitrogen and oxygen atoms in total. The van der Waals surface area contributed by atoms with Gasteiger partial charge in [-0.25, -0.2) is 0 Å². The van der Waals surface area contributed by atoms with Crippen LogP contribution < -0.4 is 5.32 Å². The third kappa shape index (κ3) is 2.53. The van der Waals surface area contributed by atoms with Gasteiger partial charge in [0.25, 0.3) is 11.6 Å². The second-order valence-electron chi connectivity index (χ2n) is 4.12. The van der Waals surface area contributed by atoms with E-state index >= 15 is 0 Å². The lowest BCUT2D eigenvalue weighted by Gasteiger charge is -2.31. The van der Waals surface area contributed by atoms with Crippen molar-refractivity contribution in [1.29, 1.82) is 5.26 Å². The molecule has 2 rings (SSSR count). The molecular formula is C12H12N4O3. The molecule has 7 heteroatoms. The van der Waals surface area contributed by atoms with Gasteiger partial charge in [0.15, 0.2) is 0 Å². The molecule has 1 aromatic carbocycles. The van der Waals surface area contributed by atoms with Crippen LogP contribution in [0, 0.1) is 21.4 Å². The van der Waals surface area contributed by atoms with Crippen molar-refractivity contribution in [2.45, 2.75) is 6.04 Å². The molecule has 1 atom stereocenters. The number of nitro benzene ring substituents is 1. The van der Waals surface area contributed by atoms with E-state index in [9.17, 15) is 14.9 Å². The van der Waals surface area contributed by atoms with Crippen molar-refractivity contribution in [2.24, 2.45) is 0 Å². The number of hydrogen-bond acceptors (Lipinski definition) is 5. The van der Waals surface area contributed by atoms with Gasteiger partial charge in [0, 0.05) is 25.7 Å². The van der Waals surface area contributed by atoms with Gasteiger partial charge in [-0.15, -0.1) is 0 Å². The van der Waals surface area contributed by atoms with E-state index < -0.39 is 16.9 Å². The molecule has 1 aromatic rings. The summed E-state index contributed by atoms with van der Waals surface area (Å²) in [7, 11) is 0. The fourth-order valence-corrected chi connectivity index (χ4v) is 2.03. The molecule has 0 bridgehead atoms. The van der Waals surface area contributed by atoms with Crippen LogP contribution in [0.1, 0.15) is 10.4 Å². The maximum atomic E-state index is 12.3. The molecule has 0 aliphatic carbocycles. The van der Waals surface area contributed by atoms with Gasteiger partial charge in [0.05, 0.1) is 11.0 Å². The molecule has 0 radical (unpaired) electrons. The number of benzene rings is 1. The van der Waals surface area contributed by atoms with E-state index in [1.165, 1.54) is 23.1 Å². The van der Waals surface area contributed by atoms with Crippen LogP contribution in [0.4, 0.5) is 5.69 Å². The third-order valence-corrected chi connectivity index (χ3v) is 2.98. The van der Waals surface area contributed by atoms with Gasteiger partial charge in [0.1, 0.15) is 11.6 Å². The number of nitrogens with one attached hydrogen (secondary N) is 1. The maximum Gasteiger partial charge on any atom is 0.282 e. The Morgan fingerprint density at radius 3 is 2.95 bits per heavy atom. The zero-order valence-electron chi connectivity index (χ0n) is 10.1. The molecule has 1 heterocycles. The minimum atomic E-state index is -0.596. The van der Waals surface area contributed by atoms with Crippen molar-refractivity contribution in [1.82, 2.24) is 10.2 Å². The van der Waals surface area contributed by atoms with E-state index in [2.05, 4.69) is 5.32 Å². The van der Waals surface area contributed by atoms with E-state index in [0.29, 0.717) is 19.6 Å². The fraction of sp³-hybridized carbons (Fsp3) is 0.333. The molecule has 1 aliphatic heterocycles. The van der Waals surface area contributed by atoms with E-state index in [1.807, 2.05) is 6.07 Å². The Bertz CT molecular complexity index is 552. The topological polar surface area (TPSA) is 99.3 Å². The zero-order valence-corrected chi connectivity index (χ0v) is 10.1. The predicted octanol–water partition coefficient (Wildman–Crippen LogP) is 0.532. The van der Waals surface area contributed by atoms with Crippen LogP contribution in [-0.2, 0) is 0 Å². The van der Waals surface area contributed by atoms with Crippen LogP contribution in [0.2, 0.25) is 0 Å². The average molecular weight is 260 g/mol. The van der Waals surface area contributed by atoms with Crippen molar-refractivity contribution in [2.75, 3.05) is 19.6 Å². The summed E-state index contributed by atoms with van der Waals surface area (Å²) in [5.74, 6) is -0.472. The second-order valence-corrected chi connectivity index (χ2v) is 4.12. The lowest BCUT2D eigenvalue weighted by atomic mass is 10.1. The fourth-order valence-electron chi connectivity index (χ4n) is 2.03. The first-order chi connectivity index (χ1) is 9.15. The minimum Gasteiger partial charge on any atom is -0.320 e. The summed E-state index contributed by atoms with van der Waals surface area (Å²) < 4.78 is 0. The summed E-state index contributed by atoms with van der Waals surface area (Å²) in [5, 5.41) is 22.9. The molecular weight excluding hydrogens is 248 g/mol. The molecule has 1 N–H and O–H groups in total. The maximum absolute atomic E-state index is 12.3. The number of rotatable bonds is 2. The van der Waals surface area contributed by atoms with Crippen LogP contribution in [0.25, 0.3) is 0 Å². The molecule has 1 fully saturated rings. The first-order valence-corrected chi connectivity index (χ1v) is 5.80. The van der Waals surface area contributed by atoms with E-state index in [1.54, 1.807) is 6.07 Å². The van der Waals surface area contributed by atoms with Gasteiger partial charge >= 0.3 is 0 Å². The van der Waals surface area contributed by atoms with Crippen LogP contribution >= 0.6 is 0 Å². The molecule has 0 aromatic heterocycles. The summed E-state index contributed by atoms with van der Waals surface area (Å²) in [6.45, 7) is 1.32. The van der Waals surface area contributed by atoms with Crippen molar-refractivity contribution < 1.29 is 9.72 Å². The standard InChI is InChI=1S/C12H12N4O3/c13-7-9-8-14-5-6-15(9)12(17)10-3-1-2-4-11(10)16(18)19/h1-4,9,14H,5-6,8H2. The SMILES string of the molecule is N#CC1CNCCN1C(=O)c1ccccc1[N+](=O)[O-]. The first-order valence-electron chi connectivity index (χ1n) is 5.80. The van der Waals surface area contributed by atoms with E-state index in [-0.39, 0.29) is 11.3 Å².